The van der Waals surface area contributed by atoms with Crippen LogP contribution in [0.25, 0.3) is 0 Å². The van der Waals surface area contributed by atoms with E-state index in [4.69, 9.17) is 22.9 Å². The third-order valence-corrected chi connectivity index (χ3v) is 2.34. The summed E-state index contributed by atoms with van der Waals surface area (Å²) in [5.41, 5.74) is 23.8. The maximum atomic E-state index is 5.85. The van der Waals surface area contributed by atoms with E-state index in [1.807, 2.05) is 24.3 Å². The molecule has 14 heavy (non-hydrogen) atoms. The van der Waals surface area contributed by atoms with Gasteiger partial charge in [-0.1, -0.05) is 12.1 Å². The summed E-state index contributed by atoms with van der Waals surface area (Å²) < 4.78 is 0. The van der Waals surface area contributed by atoms with E-state index in [0.717, 1.165) is 11.3 Å². The predicted molar refractivity (Wildman–Crippen MR) is 59.3 cm³/mol. The summed E-state index contributed by atoms with van der Waals surface area (Å²) in [4.78, 5) is 0. The first kappa shape index (κ1) is 11.0. The largest absolute Gasteiger partial charge is 0.399 e. The summed E-state index contributed by atoms with van der Waals surface area (Å²) in [6.45, 7) is 1.80. The van der Waals surface area contributed by atoms with Gasteiger partial charge in [-0.25, -0.2) is 0 Å². The number of hydrogen-bond acceptors (Lipinski definition) is 4. The third kappa shape index (κ3) is 2.70. The Labute approximate surface area is 84.3 Å². The van der Waals surface area contributed by atoms with Gasteiger partial charge in [0.2, 0.25) is 0 Å². The molecule has 1 aromatic carbocycles. The topological polar surface area (TPSA) is 104 Å². The number of nitrogen functional groups attached to an aromatic ring is 1. The second kappa shape index (κ2) is 3.96. The Kier molecular flexibility index (Phi) is 3.10. The fourth-order valence-corrected chi connectivity index (χ4v) is 1.15. The molecule has 0 saturated heterocycles. The molecule has 78 valence electrons. The highest BCUT2D eigenvalue weighted by Gasteiger charge is 2.24. The molecule has 0 amide bonds. The van der Waals surface area contributed by atoms with Crippen LogP contribution in [0, 0.1) is 0 Å². The molecule has 0 fully saturated rings. The third-order valence-electron chi connectivity index (χ3n) is 2.34. The van der Waals surface area contributed by atoms with Crippen molar-refractivity contribution >= 4 is 5.69 Å². The molecule has 0 heterocycles. The Bertz CT molecular complexity index is 289. The normalized spacial score (nSPS) is 14.0. The number of benzene rings is 1. The van der Waals surface area contributed by atoms with Gasteiger partial charge in [-0.3, -0.25) is 0 Å². The molecule has 1 atom stereocenters. The molecule has 0 aliphatic rings. The molecule has 0 bridgehead atoms. The molecule has 4 nitrogen and oxygen atoms in total. The Morgan fingerprint density at radius 3 is 2.14 bits per heavy atom. The summed E-state index contributed by atoms with van der Waals surface area (Å²) in [6.07, 6.45) is 0.547. The van der Waals surface area contributed by atoms with Gasteiger partial charge in [0.15, 0.2) is 0 Å². The summed E-state index contributed by atoms with van der Waals surface area (Å²) in [5, 5.41) is 0. The smallest absolute Gasteiger partial charge is 0.0830 e. The van der Waals surface area contributed by atoms with Crippen molar-refractivity contribution in [1.82, 2.24) is 0 Å². The highest BCUT2D eigenvalue weighted by Crippen LogP contribution is 2.11. The van der Waals surface area contributed by atoms with Crippen molar-refractivity contribution in [3.8, 4) is 0 Å². The fourth-order valence-electron chi connectivity index (χ4n) is 1.15. The first-order chi connectivity index (χ1) is 6.42. The molecule has 0 spiro atoms. The monoisotopic (exact) mass is 194 g/mol. The molecule has 1 unspecified atom stereocenters. The van der Waals surface area contributed by atoms with Crippen LogP contribution in [0.1, 0.15) is 12.5 Å². The Balaban J connectivity index is 2.74. The summed E-state index contributed by atoms with van der Waals surface area (Å²) in [7, 11) is 0. The predicted octanol–water partition coefficient (Wildman–Crippen LogP) is -0.228. The Morgan fingerprint density at radius 2 is 1.71 bits per heavy atom. The van der Waals surface area contributed by atoms with Crippen LogP contribution in [-0.2, 0) is 6.42 Å². The second-order valence-electron chi connectivity index (χ2n) is 3.82. The highest BCUT2D eigenvalue weighted by atomic mass is 15.0. The number of nitrogens with two attached hydrogens (primary N) is 4. The summed E-state index contributed by atoms with van der Waals surface area (Å²) in [5.74, 6) is 0. The van der Waals surface area contributed by atoms with Gasteiger partial charge in [0.1, 0.15) is 0 Å². The minimum atomic E-state index is -0.865. The van der Waals surface area contributed by atoms with E-state index in [2.05, 4.69) is 0 Å². The van der Waals surface area contributed by atoms with E-state index >= 15 is 0 Å². The van der Waals surface area contributed by atoms with E-state index in [1.165, 1.54) is 0 Å². The zero-order chi connectivity index (χ0) is 10.8. The van der Waals surface area contributed by atoms with E-state index in [0.29, 0.717) is 6.42 Å². The van der Waals surface area contributed by atoms with E-state index in [9.17, 15) is 0 Å². The van der Waals surface area contributed by atoms with Gasteiger partial charge in [0, 0.05) is 18.2 Å². The van der Waals surface area contributed by atoms with Crippen molar-refractivity contribution in [2.24, 2.45) is 17.2 Å². The second-order valence-corrected chi connectivity index (χ2v) is 3.82. The molecule has 1 rings (SSSR count). The van der Waals surface area contributed by atoms with Crippen LogP contribution in [0.4, 0.5) is 5.69 Å². The first-order valence-electron chi connectivity index (χ1n) is 4.59. The van der Waals surface area contributed by atoms with Crippen molar-refractivity contribution < 1.29 is 0 Å². The van der Waals surface area contributed by atoms with Gasteiger partial charge in [0.05, 0.1) is 5.66 Å². The van der Waals surface area contributed by atoms with E-state index < -0.39 is 5.66 Å². The lowest BCUT2D eigenvalue weighted by Crippen LogP contribution is -2.62. The van der Waals surface area contributed by atoms with Crippen molar-refractivity contribution in [1.29, 1.82) is 0 Å². The lowest BCUT2D eigenvalue weighted by Gasteiger charge is -2.28. The van der Waals surface area contributed by atoms with Gasteiger partial charge < -0.3 is 22.9 Å². The van der Waals surface area contributed by atoms with Gasteiger partial charge in [0.25, 0.3) is 0 Å². The number of hydrogen-bond donors (Lipinski definition) is 4. The zero-order valence-electron chi connectivity index (χ0n) is 8.40. The first-order valence-corrected chi connectivity index (χ1v) is 4.59. The Hall–Kier alpha value is -1.10. The average molecular weight is 194 g/mol. The fraction of sp³-hybridized carbons (Fsp3) is 0.400. The molecule has 0 aromatic heterocycles. The molecule has 0 saturated carbocycles. The average Bonchev–Trinajstić information content (AvgIpc) is 2.08. The van der Waals surface area contributed by atoms with E-state index in [-0.39, 0.29) is 6.04 Å². The molecular formula is C10H18N4. The van der Waals surface area contributed by atoms with E-state index in [1.54, 1.807) is 6.92 Å². The number of anilines is 1. The van der Waals surface area contributed by atoms with Crippen LogP contribution in [0.2, 0.25) is 0 Å². The molecular weight excluding hydrogens is 176 g/mol. The minimum absolute atomic E-state index is 0.250. The highest BCUT2D eigenvalue weighted by molar-refractivity contribution is 5.39. The molecule has 4 heteroatoms. The van der Waals surface area contributed by atoms with Crippen molar-refractivity contribution in [3.63, 3.8) is 0 Å². The van der Waals surface area contributed by atoms with Gasteiger partial charge in [-0.05, 0) is 24.6 Å². The SMILES string of the molecule is CC(N)C(N)(N)Cc1ccc(N)cc1. The number of rotatable bonds is 3. The molecule has 0 aliphatic heterocycles. The van der Waals surface area contributed by atoms with Gasteiger partial charge >= 0.3 is 0 Å². The maximum absolute atomic E-state index is 5.85. The lowest BCUT2D eigenvalue weighted by atomic mass is 9.95. The van der Waals surface area contributed by atoms with Crippen LogP contribution in [-0.4, -0.2) is 11.7 Å². The van der Waals surface area contributed by atoms with Crippen LogP contribution < -0.4 is 22.9 Å². The van der Waals surface area contributed by atoms with Crippen LogP contribution in [0.5, 0.6) is 0 Å². The van der Waals surface area contributed by atoms with Crippen LogP contribution >= 0.6 is 0 Å². The van der Waals surface area contributed by atoms with Crippen molar-refractivity contribution in [3.05, 3.63) is 29.8 Å². The summed E-state index contributed by atoms with van der Waals surface area (Å²) in [6, 6.07) is 7.22. The maximum Gasteiger partial charge on any atom is 0.0830 e. The molecule has 8 N–H and O–H groups in total. The molecule has 1 aromatic rings. The van der Waals surface area contributed by atoms with Gasteiger partial charge in [-0.2, -0.15) is 0 Å². The van der Waals surface area contributed by atoms with Gasteiger partial charge in [-0.15, -0.1) is 0 Å². The van der Waals surface area contributed by atoms with Crippen molar-refractivity contribution in [2.45, 2.75) is 25.0 Å². The van der Waals surface area contributed by atoms with Crippen molar-refractivity contribution in [2.75, 3.05) is 5.73 Å². The lowest BCUT2D eigenvalue weighted by molar-refractivity contribution is 0.370. The Morgan fingerprint density at radius 1 is 1.21 bits per heavy atom. The summed E-state index contributed by atoms with van der Waals surface area (Å²) >= 11 is 0. The van der Waals surface area contributed by atoms with Crippen LogP contribution in [0.15, 0.2) is 24.3 Å². The zero-order valence-corrected chi connectivity index (χ0v) is 8.40. The minimum Gasteiger partial charge on any atom is -0.399 e. The standard InChI is InChI=1S/C10H18N4/c1-7(11)10(13,14)6-8-2-4-9(12)5-3-8/h2-5,7H,6,11-14H2,1H3. The quantitative estimate of drug-likeness (QED) is 0.394. The van der Waals surface area contributed by atoms with Crippen LogP contribution in [0.3, 0.4) is 0 Å². The molecule has 0 aliphatic carbocycles. The molecule has 0 radical (unpaired) electrons.